The van der Waals surface area contributed by atoms with E-state index in [0.29, 0.717) is 22.7 Å². The molecule has 0 saturated carbocycles. The highest BCUT2D eigenvalue weighted by molar-refractivity contribution is 7.92. The Balaban J connectivity index is 1.81. The first-order valence-corrected chi connectivity index (χ1v) is 15.6. The lowest BCUT2D eigenvalue weighted by Crippen LogP contribution is -2.53. The monoisotopic (exact) mass is 621 g/mol. The highest BCUT2D eigenvalue weighted by Gasteiger charge is 2.35. The van der Waals surface area contributed by atoms with Crippen LogP contribution in [-0.4, -0.2) is 44.3 Å². The Morgan fingerprint density at radius 3 is 2.12 bits per heavy atom. The van der Waals surface area contributed by atoms with E-state index in [2.05, 4.69) is 5.32 Å². The third-order valence-electron chi connectivity index (χ3n) is 6.93. The van der Waals surface area contributed by atoms with Gasteiger partial charge in [0.05, 0.1) is 10.6 Å². The van der Waals surface area contributed by atoms with Crippen LogP contribution in [0.4, 0.5) is 10.1 Å². The highest BCUT2D eigenvalue weighted by atomic mass is 35.5. The van der Waals surface area contributed by atoms with E-state index in [9.17, 15) is 22.4 Å². The summed E-state index contributed by atoms with van der Waals surface area (Å²) in [5.41, 5.74) is 2.23. The molecule has 43 heavy (non-hydrogen) atoms. The highest BCUT2D eigenvalue weighted by Crippen LogP contribution is 2.29. The molecule has 0 aromatic heterocycles. The SMILES string of the molecule is CCNC(=O)C(Cc1ccccc1)N(Cc1ccc(F)cc1)C(=O)CN(c1ccc(Cl)cc1C)S(=O)(=O)c1ccccc1. The van der Waals surface area contributed by atoms with Crippen LogP contribution in [0.5, 0.6) is 0 Å². The first-order valence-electron chi connectivity index (χ1n) is 13.8. The van der Waals surface area contributed by atoms with E-state index in [-0.39, 0.29) is 29.5 Å². The first-order chi connectivity index (χ1) is 20.6. The minimum atomic E-state index is -4.22. The zero-order valence-corrected chi connectivity index (χ0v) is 25.5. The molecule has 224 valence electrons. The van der Waals surface area contributed by atoms with Crippen molar-refractivity contribution in [3.05, 3.63) is 131 Å². The van der Waals surface area contributed by atoms with Crippen molar-refractivity contribution in [3.8, 4) is 0 Å². The minimum Gasteiger partial charge on any atom is -0.355 e. The van der Waals surface area contributed by atoms with Gasteiger partial charge in [0.15, 0.2) is 0 Å². The van der Waals surface area contributed by atoms with E-state index in [1.165, 1.54) is 41.3 Å². The van der Waals surface area contributed by atoms with Gasteiger partial charge in [-0.1, -0.05) is 72.3 Å². The van der Waals surface area contributed by atoms with Crippen molar-refractivity contribution in [3.63, 3.8) is 0 Å². The topological polar surface area (TPSA) is 86.8 Å². The van der Waals surface area contributed by atoms with Gasteiger partial charge in [-0.2, -0.15) is 0 Å². The predicted octanol–water partition coefficient (Wildman–Crippen LogP) is 5.76. The quantitative estimate of drug-likeness (QED) is 0.218. The number of amides is 2. The number of carbonyl (C=O) groups excluding carboxylic acids is 2. The zero-order valence-electron chi connectivity index (χ0n) is 23.9. The fourth-order valence-corrected chi connectivity index (χ4v) is 6.49. The lowest BCUT2D eigenvalue weighted by molar-refractivity contribution is -0.140. The van der Waals surface area contributed by atoms with Gasteiger partial charge >= 0.3 is 0 Å². The van der Waals surface area contributed by atoms with Crippen molar-refractivity contribution in [1.29, 1.82) is 0 Å². The molecule has 4 rings (SSSR count). The Morgan fingerprint density at radius 2 is 1.51 bits per heavy atom. The van der Waals surface area contributed by atoms with Gasteiger partial charge in [0.2, 0.25) is 11.8 Å². The zero-order chi connectivity index (χ0) is 31.0. The Kier molecular flexibility index (Phi) is 10.6. The minimum absolute atomic E-state index is 0.00629. The molecule has 1 unspecified atom stereocenters. The molecule has 0 aliphatic carbocycles. The van der Waals surface area contributed by atoms with Gasteiger partial charge in [-0.15, -0.1) is 0 Å². The number of sulfonamides is 1. The van der Waals surface area contributed by atoms with Gasteiger partial charge in [0.1, 0.15) is 18.4 Å². The lowest BCUT2D eigenvalue weighted by atomic mass is 10.0. The standard InChI is InChI=1S/C33H33ClFN3O4S/c1-3-36-33(40)31(21-25-10-6-4-7-11-25)37(22-26-14-17-28(35)18-15-26)32(39)23-38(30-19-16-27(34)20-24(30)2)43(41,42)29-12-8-5-9-13-29/h4-20,31H,3,21-23H2,1-2H3,(H,36,40). The number of anilines is 1. The summed E-state index contributed by atoms with van der Waals surface area (Å²) in [6, 6.07) is 26.5. The molecule has 0 aliphatic rings. The fourth-order valence-electron chi connectivity index (χ4n) is 4.76. The third kappa shape index (κ3) is 8.00. The molecule has 0 radical (unpaired) electrons. The number of nitrogens with zero attached hydrogens (tertiary/aromatic N) is 2. The molecule has 4 aromatic carbocycles. The molecule has 2 amide bonds. The molecular formula is C33H33ClFN3O4S. The molecule has 0 bridgehead atoms. The summed E-state index contributed by atoms with van der Waals surface area (Å²) >= 11 is 6.18. The predicted molar refractivity (Wildman–Crippen MR) is 167 cm³/mol. The van der Waals surface area contributed by atoms with Crippen molar-refractivity contribution < 1.29 is 22.4 Å². The molecule has 10 heteroatoms. The van der Waals surface area contributed by atoms with Crippen molar-refractivity contribution in [2.45, 2.75) is 37.8 Å². The Morgan fingerprint density at radius 1 is 0.884 bits per heavy atom. The van der Waals surface area contributed by atoms with Crippen molar-refractivity contribution >= 4 is 39.1 Å². The number of halogens is 2. The fraction of sp³-hybridized carbons (Fsp3) is 0.212. The van der Waals surface area contributed by atoms with Crippen LogP contribution in [0.1, 0.15) is 23.6 Å². The van der Waals surface area contributed by atoms with E-state index < -0.39 is 34.3 Å². The molecule has 0 heterocycles. The normalized spacial score (nSPS) is 11.9. The van der Waals surface area contributed by atoms with Crippen molar-refractivity contribution in [2.24, 2.45) is 0 Å². The van der Waals surface area contributed by atoms with E-state index in [1.54, 1.807) is 50.2 Å². The summed E-state index contributed by atoms with van der Waals surface area (Å²) in [6.07, 6.45) is 0.186. The molecule has 0 spiro atoms. The van der Waals surface area contributed by atoms with E-state index in [1.807, 2.05) is 30.3 Å². The van der Waals surface area contributed by atoms with Crippen LogP contribution in [0.25, 0.3) is 0 Å². The number of carbonyl (C=O) groups is 2. The number of aryl methyl sites for hydroxylation is 1. The number of nitrogens with one attached hydrogen (secondary N) is 1. The maximum Gasteiger partial charge on any atom is 0.264 e. The first kappa shape index (κ1) is 31.7. The summed E-state index contributed by atoms with van der Waals surface area (Å²) in [7, 11) is -4.22. The van der Waals surface area contributed by atoms with Crippen molar-refractivity contribution in [1.82, 2.24) is 10.2 Å². The number of hydrogen-bond acceptors (Lipinski definition) is 4. The van der Waals surface area contributed by atoms with E-state index in [0.717, 1.165) is 9.87 Å². The van der Waals surface area contributed by atoms with E-state index >= 15 is 0 Å². The Bertz CT molecular complexity index is 1650. The van der Waals surface area contributed by atoms with Gasteiger partial charge < -0.3 is 10.2 Å². The van der Waals surface area contributed by atoms with E-state index in [4.69, 9.17) is 11.6 Å². The molecule has 0 fully saturated rings. The maximum absolute atomic E-state index is 14.3. The number of benzene rings is 4. The van der Waals surface area contributed by atoms with Gasteiger partial charge in [0, 0.05) is 24.5 Å². The largest absolute Gasteiger partial charge is 0.355 e. The van der Waals surface area contributed by atoms with Gasteiger partial charge in [-0.05, 0) is 73.0 Å². The second-order valence-electron chi connectivity index (χ2n) is 10.0. The summed E-state index contributed by atoms with van der Waals surface area (Å²) in [5, 5.41) is 3.23. The molecule has 4 aromatic rings. The van der Waals surface area contributed by atoms with Crippen LogP contribution in [0.15, 0.2) is 108 Å². The number of hydrogen-bond donors (Lipinski definition) is 1. The van der Waals surface area contributed by atoms with Crippen LogP contribution >= 0.6 is 11.6 Å². The molecular weight excluding hydrogens is 589 g/mol. The van der Waals surface area contributed by atoms with Crippen LogP contribution in [0, 0.1) is 12.7 Å². The van der Waals surface area contributed by atoms with Crippen LogP contribution in [0.2, 0.25) is 5.02 Å². The average molecular weight is 622 g/mol. The van der Waals surface area contributed by atoms with Crippen LogP contribution in [0.3, 0.4) is 0 Å². The second kappa shape index (κ2) is 14.3. The van der Waals surface area contributed by atoms with Crippen LogP contribution in [-0.2, 0) is 32.6 Å². The maximum atomic E-state index is 14.3. The van der Waals surface area contributed by atoms with Crippen LogP contribution < -0.4 is 9.62 Å². The molecule has 0 saturated heterocycles. The van der Waals surface area contributed by atoms with Crippen molar-refractivity contribution in [2.75, 3.05) is 17.4 Å². The summed E-state index contributed by atoms with van der Waals surface area (Å²) in [5.74, 6) is -1.43. The second-order valence-corrected chi connectivity index (χ2v) is 12.3. The third-order valence-corrected chi connectivity index (χ3v) is 8.93. The molecule has 1 N–H and O–H groups in total. The lowest BCUT2D eigenvalue weighted by Gasteiger charge is -2.34. The molecule has 7 nitrogen and oxygen atoms in total. The number of rotatable bonds is 12. The summed E-state index contributed by atoms with van der Waals surface area (Å²) < 4.78 is 42.8. The van der Waals surface area contributed by atoms with Gasteiger partial charge in [-0.3, -0.25) is 13.9 Å². The van der Waals surface area contributed by atoms with Gasteiger partial charge in [-0.25, -0.2) is 12.8 Å². The smallest absolute Gasteiger partial charge is 0.264 e. The Labute approximate surface area is 257 Å². The summed E-state index contributed by atoms with van der Waals surface area (Å²) in [4.78, 5) is 29.2. The van der Waals surface area contributed by atoms with Gasteiger partial charge in [0.25, 0.3) is 10.0 Å². The number of likely N-dealkylation sites (N-methyl/N-ethyl adjacent to an activating group) is 1. The molecule has 1 atom stereocenters. The summed E-state index contributed by atoms with van der Waals surface area (Å²) in [6.45, 7) is 3.18. The Hall–Kier alpha value is -4.21. The molecule has 0 aliphatic heterocycles. The average Bonchev–Trinajstić information content (AvgIpc) is 3.00.